The van der Waals surface area contributed by atoms with E-state index in [4.69, 9.17) is 0 Å². The Morgan fingerprint density at radius 3 is 3.13 bits per heavy atom. The van der Waals surface area contributed by atoms with Crippen LogP contribution in [0.5, 0.6) is 0 Å². The van der Waals surface area contributed by atoms with Gasteiger partial charge in [-0.25, -0.2) is 0 Å². The fourth-order valence-corrected chi connectivity index (χ4v) is 2.54. The predicted octanol–water partition coefficient (Wildman–Crippen LogP) is 2.96. The van der Waals surface area contributed by atoms with Crippen LogP contribution in [0.2, 0.25) is 0 Å². The molecule has 0 bridgehead atoms. The molecule has 0 aromatic rings. The Bertz CT molecular complexity index is 432. The summed E-state index contributed by atoms with van der Waals surface area (Å²) in [4.78, 5) is 2.38. The average molecular weight is 197 g/mol. The quantitative estimate of drug-likeness (QED) is 0.577. The molecule has 0 N–H and O–H groups in total. The maximum absolute atomic E-state index is 2.38. The van der Waals surface area contributed by atoms with Crippen LogP contribution in [-0.4, -0.2) is 18.0 Å². The van der Waals surface area contributed by atoms with Crippen molar-refractivity contribution >= 4 is 0 Å². The van der Waals surface area contributed by atoms with Crippen molar-refractivity contribution in [1.82, 2.24) is 4.90 Å². The first-order chi connectivity index (χ1) is 7.36. The summed E-state index contributed by atoms with van der Waals surface area (Å²) in [7, 11) is 2.19. The van der Waals surface area contributed by atoms with Crippen molar-refractivity contribution < 1.29 is 0 Å². The lowest BCUT2D eigenvalue weighted by Gasteiger charge is -2.37. The molecule has 0 aromatic carbocycles. The van der Waals surface area contributed by atoms with Gasteiger partial charge in [0.25, 0.3) is 0 Å². The van der Waals surface area contributed by atoms with E-state index >= 15 is 0 Å². The summed E-state index contributed by atoms with van der Waals surface area (Å²) in [5, 5.41) is 0. The molecule has 0 aromatic heterocycles. The number of nitrogens with zero attached hydrogens (tertiary/aromatic N) is 1. The highest BCUT2D eigenvalue weighted by molar-refractivity contribution is 5.49. The summed E-state index contributed by atoms with van der Waals surface area (Å²) in [5.74, 6) is 0. The minimum Gasteiger partial charge on any atom is -0.364 e. The maximum atomic E-state index is 2.38. The summed E-state index contributed by atoms with van der Waals surface area (Å²) in [6, 6.07) is 0.441. The van der Waals surface area contributed by atoms with Crippen molar-refractivity contribution in [2.45, 2.75) is 18.9 Å². The molecule has 0 radical (unpaired) electrons. The summed E-state index contributed by atoms with van der Waals surface area (Å²) >= 11 is 0. The highest BCUT2D eigenvalue weighted by atomic mass is 15.1. The fraction of sp³-hybridized carbons (Fsp3) is 0.286. The largest absolute Gasteiger partial charge is 0.364 e. The van der Waals surface area contributed by atoms with Crippen molar-refractivity contribution in [3.63, 3.8) is 0 Å². The van der Waals surface area contributed by atoms with E-state index in [9.17, 15) is 0 Å². The van der Waals surface area contributed by atoms with Gasteiger partial charge in [-0.2, -0.15) is 0 Å². The number of rotatable bonds is 0. The lowest BCUT2D eigenvalue weighted by molar-refractivity contribution is 0.388. The van der Waals surface area contributed by atoms with E-state index in [1.54, 1.807) is 0 Å². The van der Waals surface area contributed by atoms with E-state index in [1.165, 1.54) is 29.7 Å². The minimum absolute atomic E-state index is 0.441. The van der Waals surface area contributed by atoms with E-state index in [2.05, 4.69) is 54.5 Å². The normalized spacial score (nSPS) is 27.7. The third-order valence-electron chi connectivity index (χ3n) is 3.36. The molecular weight excluding hydrogens is 182 g/mol. The van der Waals surface area contributed by atoms with Crippen molar-refractivity contribution in [3.8, 4) is 0 Å². The smallest absolute Gasteiger partial charge is 0.0726 e. The molecule has 1 unspecified atom stereocenters. The summed E-state index contributed by atoms with van der Waals surface area (Å²) in [5.41, 5.74) is 4.32. The monoisotopic (exact) mass is 197 g/mol. The molecule has 3 rings (SSSR count). The van der Waals surface area contributed by atoms with Crippen molar-refractivity contribution in [2.75, 3.05) is 7.05 Å². The first-order valence-electron chi connectivity index (χ1n) is 5.55. The molecule has 1 atom stereocenters. The van der Waals surface area contributed by atoms with E-state index in [0.29, 0.717) is 6.04 Å². The predicted molar refractivity (Wildman–Crippen MR) is 63.3 cm³/mol. The molecule has 76 valence electrons. The second kappa shape index (κ2) is 3.27. The van der Waals surface area contributed by atoms with Crippen LogP contribution in [0, 0.1) is 0 Å². The number of likely N-dealkylation sites (N-methyl/N-ethyl adjacent to an activating group) is 1. The molecule has 0 saturated heterocycles. The molecule has 1 heterocycles. The zero-order chi connectivity index (χ0) is 10.3. The van der Waals surface area contributed by atoms with Gasteiger partial charge >= 0.3 is 0 Å². The molecule has 1 nitrogen and oxygen atoms in total. The average Bonchev–Trinajstić information content (AvgIpc) is 2.30. The Kier molecular flexibility index (Phi) is 1.91. The zero-order valence-corrected chi connectivity index (χ0v) is 8.98. The van der Waals surface area contributed by atoms with Gasteiger partial charge in [-0.15, -0.1) is 0 Å². The number of allylic oxidation sites excluding steroid dienone is 6. The van der Waals surface area contributed by atoms with Crippen molar-refractivity contribution in [2.24, 2.45) is 0 Å². The van der Waals surface area contributed by atoms with Gasteiger partial charge in [0, 0.05) is 12.7 Å². The number of fused-ring (bicyclic) bond motifs is 1. The van der Waals surface area contributed by atoms with Crippen LogP contribution in [0.15, 0.2) is 59.4 Å². The van der Waals surface area contributed by atoms with Crippen LogP contribution in [0.3, 0.4) is 0 Å². The third-order valence-corrected chi connectivity index (χ3v) is 3.36. The third kappa shape index (κ3) is 1.30. The molecule has 1 heteroatoms. The lowest BCUT2D eigenvalue weighted by Crippen LogP contribution is -2.34. The molecule has 0 saturated carbocycles. The van der Waals surface area contributed by atoms with Gasteiger partial charge in [0.15, 0.2) is 0 Å². The van der Waals surface area contributed by atoms with Gasteiger partial charge in [-0.1, -0.05) is 36.5 Å². The molecule has 0 spiro atoms. The molecule has 3 aliphatic rings. The lowest BCUT2D eigenvalue weighted by atomic mass is 9.89. The molecule has 0 amide bonds. The van der Waals surface area contributed by atoms with Crippen LogP contribution in [0.1, 0.15) is 12.8 Å². The van der Waals surface area contributed by atoms with E-state index in [0.717, 1.165) is 0 Å². The number of hydrogen-bond acceptors (Lipinski definition) is 1. The van der Waals surface area contributed by atoms with Crippen LogP contribution in [-0.2, 0) is 0 Å². The summed E-state index contributed by atoms with van der Waals surface area (Å²) in [6.45, 7) is 0. The number of hydrogen-bond donors (Lipinski definition) is 0. The fourth-order valence-electron chi connectivity index (χ4n) is 2.54. The van der Waals surface area contributed by atoms with E-state index in [-0.39, 0.29) is 0 Å². The van der Waals surface area contributed by atoms with E-state index < -0.39 is 0 Å². The van der Waals surface area contributed by atoms with Crippen molar-refractivity contribution in [3.05, 3.63) is 59.4 Å². The Balaban J connectivity index is 2.08. The second-order valence-electron chi connectivity index (χ2n) is 4.30. The zero-order valence-electron chi connectivity index (χ0n) is 8.98. The Labute approximate surface area is 90.8 Å². The van der Waals surface area contributed by atoms with Crippen molar-refractivity contribution in [1.29, 1.82) is 0 Å². The molecule has 15 heavy (non-hydrogen) atoms. The van der Waals surface area contributed by atoms with Gasteiger partial charge in [-0.05, 0) is 30.1 Å². The van der Waals surface area contributed by atoms with Gasteiger partial charge in [0.1, 0.15) is 0 Å². The molecule has 0 fully saturated rings. The molecule has 2 aliphatic carbocycles. The van der Waals surface area contributed by atoms with Gasteiger partial charge in [0.05, 0.1) is 6.04 Å². The van der Waals surface area contributed by atoms with Crippen LogP contribution in [0.25, 0.3) is 0 Å². The first-order valence-corrected chi connectivity index (χ1v) is 5.55. The molecule has 1 aliphatic heterocycles. The minimum atomic E-state index is 0.441. The SMILES string of the molecule is CN1C2=C(C=C3C=CC=CC31)CCC=C2. The van der Waals surface area contributed by atoms with Gasteiger partial charge in [0.2, 0.25) is 0 Å². The van der Waals surface area contributed by atoms with Gasteiger partial charge in [-0.3, -0.25) is 0 Å². The first kappa shape index (κ1) is 8.78. The Hall–Kier alpha value is -1.50. The highest BCUT2D eigenvalue weighted by Crippen LogP contribution is 2.33. The summed E-state index contributed by atoms with van der Waals surface area (Å²) in [6.07, 6.45) is 18.0. The standard InChI is InChI=1S/C14H15N/c1-15-13-8-4-2-6-11(13)10-12-7-3-5-9-14(12)15/h2,4-6,8-10,13H,3,7H2,1H3. The highest BCUT2D eigenvalue weighted by Gasteiger charge is 2.25. The summed E-state index contributed by atoms with van der Waals surface area (Å²) < 4.78 is 0. The topological polar surface area (TPSA) is 3.24 Å². The van der Waals surface area contributed by atoms with E-state index in [1.807, 2.05) is 0 Å². The Morgan fingerprint density at radius 1 is 1.27 bits per heavy atom. The maximum Gasteiger partial charge on any atom is 0.0726 e. The van der Waals surface area contributed by atoms with Crippen LogP contribution < -0.4 is 0 Å². The van der Waals surface area contributed by atoms with Crippen LogP contribution in [0.4, 0.5) is 0 Å². The molecular formula is C14H15N. The second-order valence-corrected chi connectivity index (χ2v) is 4.30. The Morgan fingerprint density at radius 2 is 2.20 bits per heavy atom. The van der Waals surface area contributed by atoms with Gasteiger partial charge < -0.3 is 4.90 Å². The van der Waals surface area contributed by atoms with Crippen LogP contribution >= 0.6 is 0 Å².